The molecule has 30 heavy (non-hydrogen) atoms. The highest BCUT2D eigenvalue weighted by molar-refractivity contribution is 14.0. The van der Waals surface area contributed by atoms with E-state index >= 15 is 0 Å². The van der Waals surface area contributed by atoms with Crippen molar-refractivity contribution in [3.63, 3.8) is 0 Å². The van der Waals surface area contributed by atoms with Crippen molar-refractivity contribution in [2.75, 3.05) is 32.6 Å². The molecule has 1 aliphatic heterocycles. The van der Waals surface area contributed by atoms with Gasteiger partial charge in [-0.05, 0) is 25.5 Å². The number of methoxy groups -OCH3 is 1. The molecule has 1 atom stereocenters. The summed E-state index contributed by atoms with van der Waals surface area (Å²) in [6.45, 7) is 6.72. The van der Waals surface area contributed by atoms with Crippen molar-refractivity contribution in [1.29, 1.82) is 0 Å². The number of guanidine groups is 1. The highest BCUT2D eigenvalue weighted by Gasteiger charge is 2.24. The first-order valence-corrected chi connectivity index (χ1v) is 9.88. The van der Waals surface area contributed by atoms with Crippen molar-refractivity contribution in [2.45, 2.75) is 39.3 Å². The number of amides is 1. The lowest BCUT2D eigenvalue weighted by atomic mass is 9.90. The number of rotatable bonds is 7. The SMILES string of the molecule is CN=C(NCc1c(C)nn(CCOC)c1C)NCC1CC(=O)Nc2ccccc21.I. The fraction of sp³-hybridized carbons (Fsp3) is 0.476. The molecule has 1 aliphatic rings. The van der Waals surface area contributed by atoms with Crippen LogP contribution in [0.5, 0.6) is 0 Å². The maximum Gasteiger partial charge on any atom is 0.225 e. The molecule has 0 fully saturated rings. The number of halogens is 1. The Balaban J connectivity index is 0.00000320. The summed E-state index contributed by atoms with van der Waals surface area (Å²) in [6, 6.07) is 7.95. The fourth-order valence-electron chi connectivity index (χ4n) is 3.68. The van der Waals surface area contributed by atoms with Crippen molar-refractivity contribution < 1.29 is 9.53 Å². The lowest BCUT2D eigenvalue weighted by molar-refractivity contribution is -0.116. The molecule has 1 unspecified atom stereocenters. The number of aryl methyl sites for hydroxylation is 1. The van der Waals surface area contributed by atoms with Gasteiger partial charge in [-0.1, -0.05) is 18.2 Å². The number of para-hydroxylation sites is 1. The van der Waals surface area contributed by atoms with Crippen molar-refractivity contribution in [3.8, 4) is 0 Å². The number of carbonyl (C=O) groups excluding carboxylic acids is 1. The highest BCUT2D eigenvalue weighted by atomic mass is 127. The molecule has 1 aromatic heterocycles. The van der Waals surface area contributed by atoms with E-state index in [2.05, 4.69) is 39.0 Å². The predicted molar refractivity (Wildman–Crippen MR) is 130 cm³/mol. The molecule has 2 heterocycles. The Morgan fingerprint density at radius 3 is 2.83 bits per heavy atom. The number of ether oxygens (including phenoxy) is 1. The lowest BCUT2D eigenvalue weighted by Crippen LogP contribution is -2.40. The third-order valence-electron chi connectivity index (χ3n) is 5.32. The van der Waals surface area contributed by atoms with E-state index in [-0.39, 0.29) is 35.8 Å². The zero-order valence-electron chi connectivity index (χ0n) is 18.0. The molecule has 1 amide bonds. The summed E-state index contributed by atoms with van der Waals surface area (Å²) in [7, 11) is 3.44. The van der Waals surface area contributed by atoms with Crippen LogP contribution in [0.15, 0.2) is 29.3 Å². The van der Waals surface area contributed by atoms with Crippen molar-refractivity contribution in [1.82, 2.24) is 20.4 Å². The largest absolute Gasteiger partial charge is 0.383 e. The Morgan fingerprint density at radius 2 is 2.10 bits per heavy atom. The van der Waals surface area contributed by atoms with Crippen LogP contribution in [0.2, 0.25) is 0 Å². The van der Waals surface area contributed by atoms with Crippen LogP contribution in [0.3, 0.4) is 0 Å². The van der Waals surface area contributed by atoms with Crippen molar-refractivity contribution >= 4 is 41.5 Å². The van der Waals surface area contributed by atoms with Crippen LogP contribution >= 0.6 is 24.0 Å². The minimum Gasteiger partial charge on any atom is -0.383 e. The van der Waals surface area contributed by atoms with Crippen LogP contribution in [0.4, 0.5) is 5.69 Å². The Kier molecular flexibility index (Phi) is 9.09. The maximum absolute atomic E-state index is 12.0. The lowest BCUT2D eigenvalue weighted by Gasteiger charge is -2.26. The number of aliphatic imine (C=N–C) groups is 1. The van der Waals surface area contributed by atoms with Crippen LogP contribution in [-0.2, 0) is 22.6 Å². The second-order valence-corrected chi connectivity index (χ2v) is 7.21. The minimum absolute atomic E-state index is 0. The van der Waals surface area contributed by atoms with Gasteiger partial charge in [-0.2, -0.15) is 5.10 Å². The van der Waals surface area contributed by atoms with Crippen LogP contribution in [0.1, 0.15) is 34.9 Å². The summed E-state index contributed by atoms with van der Waals surface area (Å²) in [6.07, 6.45) is 0.464. The first kappa shape index (κ1) is 24.1. The van der Waals surface area contributed by atoms with Gasteiger partial charge in [-0.15, -0.1) is 24.0 Å². The predicted octanol–water partition coefficient (Wildman–Crippen LogP) is 2.56. The second kappa shape index (κ2) is 11.3. The van der Waals surface area contributed by atoms with Gasteiger partial charge in [0.25, 0.3) is 0 Å². The molecule has 0 saturated carbocycles. The second-order valence-electron chi connectivity index (χ2n) is 7.21. The van der Waals surface area contributed by atoms with E-state index < -0.39 is 0 Å². The zero-order valence-corrected chi connectivity index (χ0v) is 20.3. The number of fused-ring (bicyclic) bond motifs is 1. The smallest absolute Gasteiger partial charge is 0.225 e. The molecule has 3 rings (SSSR count). The van der Waals surface area contributed by atoms with Crippen LogP contribution in [0, 0.1) is 13.8 Å². The fourth-order valence-corrected chi connectivity index (χ4v) is 3.68. The molecule has 0 radical (unpaired) electrons. The summed E-state index contributed by atoms with van der Waals surface area (Å²) in [5.41, 5.74) is 5.33. The number of nitrogens with one attached hydrogen (secondary N) is 3. The van der Waals surface area contributed by atoms with Gasteiger partial charge in [-0.25, -0.2) is 0 Å². The molecule has 8 nitrogen and oxygen atoms in total. The third kappa shape index (κ3) is 5.72. The number of benzene rings is 1. The quantitative estimate of drug-likeness (QED) is 0.293. The van der Waals surface area contributed by atoms with Crippen LogP contribution in [0.25, 0.3) is 0 Å². The van der Waals surface area contributed by atoms with Crippen LogP contribution < -0.4 is 16.0 Å². The van der Waals surface area contributed by atoms with Gasteiger partial charge in [0.05, 0.1) is 18.8 Å². The summed E-state index contributed by atoms with van der Waals surface area (Å²) in [5, 5.41) is 14.3. The van der Waals surface area contributed by atoms with E-state index in [9.17, 15) is 4.79 Å². The first-order valence-electron chi connectivity index (χ1n) is 9.88. The van der Waals surface area contributed by atoms with E-state index in [1.807, 2.05) is 29.8 Å². The van der Waals surface area contributed by atoms with Gasteiger partial charge in [0.1, 0.15) is 0 Å². The number of hydrogen-bond donors (Lipinski definition) is 3. The number of nitrogens with zero attached hydrogens (tertiary/aromatic N) is 3. The molecule has 0 aliphatic carbocycles. The third-order valence-corrected chi connectivity index (χ3v) is 5.32. The van der Waals surface area contributed by atoms with Crippen molar-refractivity contribution in [3.05, 3.63) is 46.8 Å². The monoisotopic (exact) mass is 526 g/mol. The summed E-state index contributed by atoms with van der Waals surface area (Å²) >= 11 is 0. The van der Waals surface area contributed by atoms with Crippen LogP contribution in [-0.4, -0.2) is 49.0 Å². The number of aromatic nitrogens is 2. The molecule has 0 spiro atoms. The minimum atomic E-state index is 0. The van der Waals surface area contributed by atoms with E-state index in [1.54, 1.807) is 14.2 Å². The Bertz CT molecular complexity index is 896. The Morgan fingerprint density at radius 1 is 1.33 bits per heavy atom. The standard InChI is InChI=1S/C21H30N6O2.HI/c1-14-18(15(2)27(26-14)9-10-29-4)13-24-21(22-3)23-12-16-11-20(28)25-19-8-6-5-7-17(16)19;/h5-8,16H,9-13H2,1-4H3,(H,25,28)(H2,22,23,24);1H. The first-order chi connectivity index (χ1) is 14.0. The molecular formula is C21H31IN6O2. The van der Waals surface area contributed by atoms with E-state index in [1.165, 1.54) is 0 Å². The number of carbonyl (C=O) groups is 1. The average Bonchev–Trinajstić information content (AvgIpc) is 2.99. The average molecular weight is 526 g/mol. The van der Waals surface area contributed by atoms with Crippen molar-refractivity contribution in [2.24, 2.45) is 4.99 Å². The summed E-state index contributed by atoms with van der Waals surface area (Å²) in [5.74, 6) is 0.865. The summed E-state index contributed by atoms with van der Waals surface area (Å²) in [4.78, 5) is 16.3. The van der Waals surface area contributed by atoms with Gasteiger partial charge in [-0.3, -0.25) is 14.5 Å². The molecule has 0 saturated heterocycles. The van der Waals surface area contributed by atoms with Gasteiger partial charge < -0.3 is 20.7 Å². The normalized spacial score (nSPS) is 15.8. The summed E-state index contributed by atoms with van der Waals surface area (Å²) < 4.78 is 7.13. The molecule has 164 valence electrons. The zero-order chi connectivity index (χ0) is 20.8. The Labute approximate surface area is 194 Å². The molecule has 0 bridgehead atoms. The van der Waals surface area contributed by atoms with E-state index in [4.69, 9.17) is 4.74 Å². The molecular weight excluding hydrogens is 495 g/mol. The number of anilines is 1. The molecule has 1 aromatic carbocycles. The topological polar surface area (TPSA) is 92.6 Å². The highest BCUT2D eigenvalue weighted by Crippen LogP contribution is 2.31. The number of hydrogen-bond acceptors (Lipinski definition) is 4. The molecule has 3 N–H and O–H groups in total. The molecule has 9 heteroatoms. The van der Waals surface area contributed by atoms with E-state index in [0.29, 0.717) is 32.1 Å². The van der Waals surface area contributed by atoms with E-state index in [0.717, 1.165) is 34.7 Å². The molecule has 2 aromatic rings. The van der Waals surface area contributed by atoms with Gasteiger partial charge in [0.15, 0.2) is 5.96 Å². The maximum atomic E-state index is 12.0. The van der Waals surface area contributed by atoms with Gasteiger partial charge >= 0.3 is 0 Å². The Hall–Kier alpha value is -2.14. The van der Waals surface area contributed by atoms with Gasteiger partial charge in [0.2, 0.25) is 5.91 Å². The van der Waals surface area contributed by atoms with Gasteiger partial charge in [0, 0.05) is 56.5 Å².